The van der Waals surface area contributed by atoms with Crippen LogP contribution in [0.2, 0.25) is 0 Å². The zero-order chi connectivity index (χ0) is 20.5. The minimum atomic E-state index is -3.28. The van der Waals surface area contributed by atoms with E-state index in [4.69, 9.17) is 0 Å². The number of nitrogens with zero attached hydrogens (tertiary/aromatic N) is 3. The lowest BCUT2D eigenvalue weighted by Gasteiger charge is -2.30. The molecule has 0 spiro atoms. The number of carbonyl (C=O) groups is 1. The van der Waals surface area contributed by atoms with Gasteiger partial charge in [0.2, 0.25) is 10.0 Å². The van der Waals surface area contributed by atoms with Gasteiger partial charge in [0.15, 0.2) is 0 Å². The normalized spacial score (nSPS) is 14.2. The molecule has 3 rings (SSSR count). The van der Waals surface area contributed by atoms with Gasteiger partial charge in [-0.1, -0.05) is 6.92 Å². The van der Waals surface area contributed by atoms with Gasteiger partial charge in [-0.05, 0) is 50.3 Å². The number of hydrogen-bond acceptors (Lipinski definition) is 6. The van der Waals surface area contributed by atoms with Crippen LogP contribution in [0.3, 0.4) is 0 Å². The molecule has 0 radical (unpaired) electrons. The quantitative estimate of drug-likeness (QED) is 0.772. The number of aryl methyl sites for hydroxylation is 3. The molecular weight excluding hydrogens is 396 g/mol. The van der Waals surface area contributed by atoms with E-state index in [1.165, 1.54) is 11.3 Å². The molecule has 0 saturated heterocycles. The van der Waals surface area contributed by atoms with Gasteiger partial charge in [0.1, 0.15) is 4.88 Å². The Balaban J connectivity index is 1.81. The number of rotatable bonds is 6. The molecule has 9 heteroatoms. The first-order valence-electron chi connectivity index (χ1n) is 9.38. The van der Waals surface area contributed by atoms with E-state index < -0.39 is 10.0 Å². The summed E-state index contributed by atoms with van der Waals surface area (Å²) < 4.78 is 26.7. The molecule has 1 aliphatic heterocycles. The Hall–Kier alpha value is -1.84. The molecule has 0 unspecified atom stereocenters. The van der Waals surface area contributed by atoms with Crippen molar-refractivity contribution in [2.24, 2.45) is 0 Å². The fourth-order valence-corrected chi connectivity index (χ4v) is 5.46. The maximum absolute atomic E-state index is 12.9. The number of aromatic nitrogens is 2. The van der Waals surface area contributed by atoms with Crippen molar-refractivity contribution in [1.82, 2.24) is 19.6 Å². The van der Waals surface area contributed by atoms with Crippen molar-refractivity contribution >= 4 is 27.3 Å². The molecule has 2 aromatic heterocycles. The molecule has 152 valence electrons. The van der Waals surface area contributed by atoms with Gasteiger partial charge in [0, 0.05) is 31.5 Å². The predicted molar refractivity (Wildman–Crippen MR) is 110 cm³/mol. The van der Waals surface area contributed by atoms with Crippen LogP contribution in [0.1, 0.15) is 56.1 Å². The molecule has 0 saturated carbocycles. The predicted octanol–water partition coefficient (Wildman–Crippen LogP) is 2.49. The van der Waals surface area contributed by atoms with Gasteiger partial charge >= 0.3 is 0 Å². The van der Waals surface area contributed by atoms with Crippen molar-refractivity contribution in [3.63, 3.8) is 0 Å². The van der Waals surface area contributed by atoms with Gasteiger partial charge in [-0.3, -0.25) is 9.78 Å². The summed E-state index contributed by atoms with van der Waals surface area (Å²) in [5.41, 5.74) is 4.61. The first kappa shape index (κ1) is 20.9. The summed E-state index contributed by atoms with van der Waals surface area (Å²) in [7, 11) is -3.28. The molecule has 7 nitrogen and oxygen atoms in total. The van der Waals surface area contributed by atoms with E-state index in [0.717, 1.165) is 33.1 Å². The van der Waals surface area contributed by atoms with Crippen molar-refractivity contribution in [3.05, 3.63) is 44.2 Å². The Bertz CT molecular complexity index is 999. The SMILES string of the molecule is CCCS(=O)(=O)NCc1c(C)ncc2c1CCN(C(=O)c1sc(C)nc1C)C2. The summed E-state index contributed by atoms with van der Waals surface area (Å²) >= 11 is 1.42. The number of carbonyl (C=O) groups excluding carboxylic acids is 1. The number of fused-ring (bicyclic) bond motifs is 1. The molecule has 0 bridgehead atoms. The van der Waals surface area contributed by atoms with Crippen LogP contribution in [-0.4, -0.2) is 41.5 Å². The Morgan fingerprint density at radius 3 is 2.68 bits per heavy atom. The minimum absolute atomic E-state index is 0.000441. The summed E-state index contributed by atoms with van der Waals surface area (Å²) in [6.45, 7) is 8.82. The van der Waals surface area contributed by atoms with Crippen LogP contribution in [0.5, 0.6) is 0 Å². The monoisotopic (exact) mass is 422 g/mol. The maximum atomic E-state index is 12.9. The van der Waals surface area contributed by atoms with Crippen LogP contribution in [0, 0.1) is 20.8 Å². The second kappa shape index (κ2) is 8.26. The average molecular weight is 423 g/mol. The molecule has 1 amide bonds. The molecule has 0 aliphatic carbocycles. The van der Waals surface area contributed by atoms with Crippen molar-refractivity contribution in [3.8, 4) is 0 Å². The molecule has 0 fully saturated rings. The Morgan fingerprint density at radius 2 is 2.04 bits per heavy atom. The topological polar surface area (TPSA) is 92.3 Å². The summed E-state index contributed by atoms with van der Waals surface area (Å²) in [4.78, 5) is 24.2. The minimum Gasteiger partial charge on any atom is -0.333 e. The van der Waals surface area contributed by atoms with E-state index in [9.17, 15) is 13.2 Å². The van der Waals surface area contributed by atoms with Gasteiger partial charge in [-0.25, -0.2) is 18.1 Å². The lowest BCUT2D eigenvalue weighted by atomic mass is 9.95. The highest BCUT2D eigenvalue weighted by molar-refractivity contribution is 7.89. The highest BCUT2D eigenvalue weighted by atomic mass is 32.2. The molecule has 1 aliphatic rings. The maximum Gasteiger partial charge on any atom is 0.266 e. The molecule has 1 N–H and O–H groups in total. The second-order valence-electron chi connectivity index (χ2n) is 7.09. The van der Waals surface area contributed by atoms with Crippen LogP contribution < -0.4 is 4.72 Å². The Morgan fingerprint density at radius 1 is 1.29 bits per heavy atom. The van der Waals surface area contributed by atoms with Crippen LogP contribution in [-0.2, 0) is 29.5 Å². The summed E-state index contributed by atoms with van der Waals surface area (Å²) in [5.74, 6) is 0.115. The van der Waals surface area contributed by atoms with Crippen LogP contribution in [0.25, 0.3) is 0 Å². The van der Waals surface area contributed by atoms with Gasteiger partial charge < -0.3 is 4.90 Å². The standard InChI is InChI=1S/C19H26N4O3S2/c1-5-8-28(25,26)21-10-17-12(2)20-9-15-11-23(7-6-16(15)17)19(24)18-13(3)22-14(4)27-18/h9,21H,5-8,10-11H2,1-4H3. The van der Waals surface area contributed by atoms with Gasteiger partial charge in [0.25, 0.3) is 5.91 Å². The van der Waals surface area contributed by atoms with E-state index in [1.54, 1.807) is 6.20 Å². The number of hydrogen-bond donors (Lipinski definition) is 1. The smallest absolute Gasteiger partial charge is 0.266 e. The Kier molecular flexibility index (Phi) is 6.16. The lowest BCUT2D eigenvalue weighted by Crippen LogP contribution is -2.37. The molecule has 0 atom stereocenters. The van der Waals surface area contributed by atoms with Gasteiger partial charge in [-0.2, -0.15) is 0 Å². The first-order chi connectivity index (χ1) is 13.2. The fraction of sp³-hybridized carbons (Fsp3) is 0.526. The van der Waals surface area contributed by atoms with Crippen molar-refractivity contribution in [2.75, 3.05) is 12.3 Å². The number of thiazole rings is 1. The number of amides is 1. The zero-order valence-electron chi connectivity index (χ0n) is 16.7. The number of nitrogens with one attached hydrogen (secondary N) is 1. The second-order valence-corrected chi connectivity index (χ2v) is 10.2. The highest BCUT2D eigenvalue weighted by Gasteiger charge is 2.27. The molecule has 3 heterocycles. The van der Waals surface area contributed by atoms with E-state index in [0.29, 0.717) is 30.8 Å². The average Bonchev–Trinajstić information content (AvgIpc) is 2.98. The number of sulfonamides is 1. The molecule has 28 heavy (non-hydrogen) atoms. The van der Waals surface area contributed by atoms with Crippen molar-refractivity contribution in [2.45, 2.75) is 53.6 Å². The number of pyridine rings is 1. The van der Waals surface area contributed by atoms with E-state index >= 15 is 0 Å². The third kappa shape index (κ3) is 4.42. The summed E-state index contributed by atoms with van der Waals surface area (Å²) in [6, 6.07) is 0. The summed E-state index contributed by atoms with van der Waals surface area (Å²) in [5, 5.41) is 0.886. The van der Waals surface area contributed by atoms with Crippen LogP contribution in [0.15, 0.2) is 6.20 Å². The third-order valence-corrected chi connectivity index (χ3v) is 7.51. The third-order valence-electron chi connectivity index (χ3n) is 4.92. The van der Waals surface area contributed by atoms with Crippen molar-refractivity contribution in [1.29, 1.82) is 0 Å². The molecule has 2 aromatic rings. The van der Waals surface area contributed by atoms with E-state index in [-0.39, 0.29) is 18.2 Å². The van der Waals surface area contributed by atoms with E-state index in [1.807, 2.05) is 32.6 Å². The largest absolute Gasteiger partial charge is 0.333 e. The lowest BCUT2D eigenvalue weighted by molar-refractivity contribution is 0.0738. The molecule has 0 aromatic carbocycles. The fourth-order valence-electron chi connectivity index (χ4n) is 3.53. The highest BCUT2D eigenvalue weighted by Crippen LogP contribution is 2.27. The van der Waals surface area contributed by atoms with Crippen LogP contribution in [0.4, 0.5) is 0 Å². The van der Waals surface area contributed by atoms with Crippen molar-refractivity contribution < 1.29 is 13.2 Å². The van der Waals surface area contributed by atoms with E-state index in [2.05, 4.69) is 14.7 Å². The van der Waals surface area contributed by atoms with Crippen LogP contribution >= 0.6 is 11.3 Å². The summed E-state index contributed by atoms with van der Waals surface area (Å²) in [6.07, 6.45) is 3.07. The first-order valence-corrected chi connectivity index (χ1v) is 11.9. The van der Waals surface area contributed by atoms with Gasteiger partial charge in [0.05, 0.1) is 16.5 Å². The Labute approximate surface area is 170 Å². The van der Waals surface area contributed by atoms with Gasteiger partial charge in [-0.15, -0.1) is 11.3 Å². The zero-order valence-corrected chi connectivity index (χ0v) is 18.3. The molecular formula is C19H26N4O3S2.